The highest BCUT2D eigenvalue weighted by Gasteiger charge is 2.23. The largest absolute Gasteiger partial charge is 0.243 e. The van der Waals surface area contributed by atoms with Crippen molar-refractivity contribution in [2.45, 2.75) is 42.5 Å². The van der Waals surface area contributed by atoms with Gasteiger partial charge >= 0.3 is 0 Å². The molecule has 114 valence electrons. The van der Waals surface area contributed by atoms with Crippen LogP contribution < -0.4 is 4.72 Å². The SMILES string of the molecule is CCCC(C)NS(=O)(=O)c1cc(S(C)(=O)=O)ccc1F. The van der Waals surface area contributed by atoms with Crippen molar-refractivity contribution in [2.75, 3.05) is 6.26 Å². The minimum absolute atomic E-state index is 0.234. The van der Waals surface area contributed by atoms with Crippen molar-refractivity contribution in [1.82, 2.24) is 4.72 Å². The molecule has 5 nitrogen and oxygen atoms in total. The maximum atomic E-state index is 13.7. The molecule has 0 amide bonds. The van der Waals surface area contributed by atoms with E-state index in [1.807, 2.05) is 6.92 Å². The second-order valence-corrected chi connectivity index (χ2v) is 8.37. The second kappa shape index (κ2) is 6.19. The number of hydrogen-bond donors (Lipinski definition) is 1. The van der Waals surface area contributed by atoms with Gasteiger partial charge in [0, 0.05) is 12.3 Å². The summed E-state index contributed by atoms with van der Waals surface area (Å²) in [5.74, 6) is -0.978. The van der Waals surface area contributed by atoms with Crippen LogP contribution in [0, 0.1) is 5.82 Å². The molecule has 0 bridgehead atoms. The highest BCUT2D eigenvalue weighted by molar-refractivity contribution is 7.91. The molecule has 0 fully saturated rings. The number of sulfonamides is 1. The van der Waals surface area contributed by atoms with Gasteiger partial charge in [-0.05, 0) is 31.5 Å². The lowest BCUT2D eigenvalue weighted by Gasteiger charge is -2.14. The normalized spacial score (nSPS) is 14.2. The van der Waals surface area contributed by atoms with Crippen molar-refractivity contribution in [3.63, 3.8) is 0 Å². The van der Waals surface area contributed by atoms with Crippen LogP contribution in [0.2, 0.25) is 0 Å². The van der Waals surface area contributed by atoms with Crippen molar-refractivity contribution >= 4 is 19.9 Å². The molecule has 1 aromatic rings. The summed E-state index contributed by atoms with van der Waals surface area (Å²) in [5, 5.41) is 0. The standard InChI is InChI=1S/C12H18FNO4S2/c1-4-5-9(2)14-20(17,18)12-8-10(19(3,15)16)6-7-11(12)13/h6-9,14H,4-5H2,1-3H3. The molecule has 1 atom stereocenters. The Morgan fingerprint density at radius 3 is 2.35 bits per heavy atom. The quantitative estimate of drug-likeness (QED) is 0.808. The summed E-state index contributed by atoms with van der Waals surface area (Å²) < 4.78 is 63.0. The molecule has 1 unspecified atom stereocenters. The van der Waals surface area contributed by atoms with E-state index in [0.29, 0.717) is 6.42 Å². The molecule has 8 heteroatoms. The first-order valence-electron chi connectivity index (χ1n) is 6.10. The second-order valence-electron chi connectivity index (χ2n) is 4.68. The topological polar surface area (TPSA) is 80.3 Å². The zero-order chi connectivity index (χ0) is 15.6. The first-order chi connectivity index (χ1) is 9.08. The zero-order valence-corrected chi connectivity index (χ0v) is 13.2. The van der Waals surface area contributed by atoms with Crippen LogP contribution in [0.15, 0.2) is 28.0 Å². The van der Waals surface area contributed by atoms with E-state index < -0.39 is 30.6 Å². The Hall–Kier alpha value is -0.990. The Balaban J connectivity index is 3.24. The van der Waals surface area contributed by atoms with Gasteiger partial charge in [-0.15, -0.1) is 0 Å². The Labute approximate surface area is 119 Å². The minimum Gasteiger partial charge on any atom is -0.224 e. The lowest BCUT2D eigenvalue weighted by atomic mass is 10.2. The van der Waals surface area contributed by atoms with Gasteiger partial charge in [0.2, 0.25) is 10.0 Å². The summed E-state index contributed by atoms with van der Waals surface area (Å²) in [5.41, 5.74) is 0. The molecule has 0 saturated heterocycles. The van der Waals surface area contributed by atoms with Crippen molar-refractivity contribution in [1.29, 1.82) is 0 Å². The van der Waals surface area contributed by atoms with Gasteiger partial charge in [0.05, 0.1) is 4.90 Å². The number of rotatable bonds is 6. The van der Waals surface area contributed by atoms with Crippen molar-refractivity contribution in [3.05, 3.63) is 24.0 Å². The van der Waals surface area contributed by atoms with Crippen LogP contribution >= 0.6 is 0 Å². The summed E-state index contributed by atoms with van der Waals surface area (Å²) in [6.07, 6.45) is 2.31. The van der Waals surface area contributed by atoms with Gasteiger partial charge in [-0.25, -0.2) is 25.9 Å². The molecule has 0 aliphatic rings. The molecule has 0 spiro atoms. The van der Waals surface area contributed by atoms with Crippen molar-refractivity contribution in [2.24, 2.45) is 0 Å². The van der Waals surface area contributed by atoms with Gasteiger partial charge < -0.3 is 0 Å². The molecule has 1 N–H and O–H groups in total. The van der Waals surface area contributed by atoms with Crippen LogP contribution in [0.25, 0.3) is 0 Å². The Bertz CT molecular complexity index is 683. The maximum absolute atomic E-state index is 13.7. The number of halogens is 1. The van der Waals surface area contributed by atoms with Crippen LogP contribution in [-0.2, 0) is 19.9 Å². The monoisotopic (exact) mass is 323 g/mol. The van der Waals surface area contributed by atoms with Crippen molar-refractivity contribution in [3.8, 4) is 0 Å². The predicted octanol–water partition coefficient (Wildman–Crippen LogP) is 1.70. The third-order valence-electron chi connectivity index (χ3n) is 2.70. The highest BCUT2D eigenvalue weighted by atomic mass is 32.2. The fourth-order valence-electron chi connectivity index (χ4n) is 1.74. The van der Waals surface area contributed by atoms with Crippen LogP contribution in [-0.4, -0.2) is 29.1 Å². The number of nitrogens with one attached hydrogen (secondary N) is 1. The van der Waals surface area contributed by atoms with E-state index in [0.717, 1.165) is 30.9 Å². The molecular formula is C12H18FNO4S2. The molecular weight excluding hydrogens is 305 g/mol. The summed E-state index contributed by atoms with van der Waals surface area (Å²) in [6.45, 7) is 3.56. The van der Waals surface area contributed by atoms with Crippen LogP contribution in [0.3, 0.4) is 0 Å². The summed E-state index contributed by atoms with van der Waals surface area (Å²) in [6, 6.07) is 2.37. The number of hydrogen-bond acceptors (Lipinski definition) is 4. The minimum atomic E-state index is -4.08. The van der Waals surface area contributed by atoms with Crippen molar-refractivity contribution < 1.29 is 21.2 Å². The molecule has 0 radical (unpaired) electrons. The molecule has 0 saturated carbocycles. The summed E-state index contributed by atoms with van der Waals surface area (Å²) >= 11 is 0. The molecule has 0 heterocycles. The molecule has 20 heavy (non-hydrogen) atoms. The van der Waals surface area contributed by atoms with Gasteiger partial charge in [-0.3, -0.25) is 0 Å². The van der Waals surface area contributed by atoms with Gasteiger partial charge in [0.25, 0.3) is 0 Å². The van der Waals surface area contributed by atoms with E-state index in [4.69, 9.17) is 0 Å². The van der Waals surface area contributed by atoms with E-state index >= 15 is 0 Å². The Morgan fingerprint density at radius 1 is 1.25 bits per heavy atom. The Morgan fingerprint density at radius 2 is 1.85 bits per heavy atom. The average Bonchev–Trinajstić information content (AvgIpc) is 2.26. The van der Waals surface area contributed by atoms with Gasteiger partial charge in [-0.2, -0.15) is 0 Å². The molecule has 0 aliphatic carbocycles. The van der Waals surface area contributed by atoms with E-state index in [-0.39, 0.29) is 10.9 Å². The number of benzene rings is 1. The molecule has 0 aliphatic heterocycles. The van der Waals surface area contributed by atoms with E-state index in [1.54, 1.807) is 6.92 Å². The smallest absolute Gasteiger partial charge is 0.224 e. The van der Waals surface area contributed by atoms with Crippen LogP contribution in [0.5, 0.6) is 0 Å². The fraction of sp³-hybridized carbons (Fsp3) is 0.500. The lowest BCUT2D eigenvalue weighted by molar-refractivity contribution is 0.530. The van der Waals surface area contributed by atoms with Gasteiger partial charge in [0.15, 0.2) is 9.84 Å². The van der Waals surface area contributed by atoms with Crippen LogP contribution in [0.4, 0.5) is 4.39 Å². The third-order valence-corrected chi connectivity index (χ3v) is 5.41. The van der Waals surface area contributed by atoms with Gasteiger partial charge in [0.1, 0.15) is 10.7 Å². The van der Waals surface area contributed by atoms with E-state index in [2.05, 4.69) is 4.72 Å². The summed E-state index contributed by atoms with van der Waals surface area (Å²) in [7, 11) is -7.68. The first-order valence-corrected chi connectivity index (χ1v) is 9.47. The number of sulfone groups is 1. The molecule has 1 rings (SSSR count). The third kappa shape index (κ3) is 4.26. The predicted molar refractivity (Wildman–Crippen MR) is 74.2 cm³/mol. The molecule has 0 aromatic heterocycles. The maximum Gasteiger partial charge on any atom is 0.243 e. The first kappa shape index (κ1) is 17.1. The van der Waals surface area contributed by atoms with Crippen LogP contribution in [0.1, 0.15) is 26.7 Å². The molecule has 1 aromatic carbocycles. The fourth-order valence-corrected chi connectivity index (χ4v) is 3.84. The van der Waals surface area contributed by atoms with Gasteiger partial charge in [-0.1, -0.05) is 13.3 Å². The highest BCUT2D eigenvalue weighted by Crippen LogP contribution is 2.20. The zero-order valence-electron chi connectivity index (χ0n) is 11.6. The average molecular weight is 323 g/mol. The lowest BCUT2D eigenvalue weighted by Crippen LogP contribution is -2.33. The Kier molecular flexibility index (Phi) is 5.28. The summed E-state index contributed by atoms with van der Waals surface area (Å²) in [4.78, 5) is -0.884. The van der Waals surface area contributed by atoms with E-state index in [9.17, 15) is 21.2 Å². The van der Waals surface area contributed by atoms with E-state index in [1.165, 1.54) is 0 Å².